The van der Waals surface area contributed by atoms with E-state index < -0.39 is 5.60 Å². The molecule has 7 heteroatoms. The number of methoxy groups -OCH3 is 1. The molecular formula is C41H34N2O5. The van der Waals surface area contributed by atoms with Gasteiger partial charge in [-0.15, -0.1) is 0 Å². The molecule has 48 heavy (non-hydrogen) atoms. The standard InChI is InChI=1S/C21H19NO2.C20H15NO3/c1-21(2,23)16-10-4-5-11-17(16)22-18-12-7-9-15-14-8-3-6-13-19(14)24-20(15)18;1-23-20(22)15-8-2-4-10-16(15)21-17-11-6-9-14-13-7-3-5-12-18(13)24-19(14)17/h3-13,22-23H,1-2H3;2-12,21H,1H3. The van der Waals surface area contributed by atoms with Crippen LogP contribution in [0.5, 0.6) is 0 Å². The van der Waals surface area contributed by atoms with Crippen molar-refractivity contribution in [1.82, 2.24) is 0 Å². The van der Waals surface area contributed by atoms with Gasteiger partial charge in [-0.2, -0.15) is 0 Å². The van der Waals surface area contributed by atoms with Crippen molar-refractivity contribution in [3.8, 4) is 0 Å². The predicted molar refractivity (Wildman–Crippen MR) is 193 cm³/mol. The van der Waals surface area contributed by atoms with Crippen molar-refractivity contribution in [2.45, 2.75) is 19.4 Å². The monoisotopic (exact) mass is 634 g/mol. The van der Waals surface area contributed by atoms with Crippen LogP contribution < -0.4 is 10.6 Å². The van der Waals surface area contributed by atoms with E-state index in [-0.39, 0.29) is 5.97 Å². The lowest BCUT2D eigenvalue weighted by Crippen LogP contribution is -2.17. The second-order valence-electron chi connectivity index (χ2n) is 12.0. The Morgan fingerprint density at radius 2 is 1.00 bits per heavy atom. The number of rotatable bonds is 6. The topological polar surface area (TPSA) is 96.9 Å². The number of esters is 1. The fraction of sp³-hybridized carbons (Fsp3) is 0.0976. The molecule has 0 fully saturated rings. The van der Waals surface area contributed by atoms with Crippen molar-refractivity contribution in [3.63, 3.8) is 0 Å². The van der Waals surface area contributed by atoms with E-state index in [1.807, 2.05) is 109 Å². The zero-order valence-electron chi connectivity index (χ0n) is 26.8. The summed E-state index contributed by atoms with van der Waals surface area (Å²) in [5, 5.41) is 21.4. The van der Waals surface area contributed by atoms with Gasteiger partial charge in [-0.3, -0.25) is 0 Å². The minimum atomic E-state index is -0.925. The van der Waals surface area contributed by atoms with E-state index in [1.54, 1.807) is 26.0 Å². The van der Waals surface area contributed by atoms with Gasteiger partial charge in [0, 0.05) is 32.8 Å². The molecule has 3 N–H and O–H groups in total. The van der Waals surface area contributed by atoms with Gasteiger partial charge in [0.1, 0.15) is 11.2 Å². The summed E-state index contributed by atoms with van der Waals surface area (Å²) < 4.78 is 16.9. The highest BCUT2D eigenvalue weighted by Gasteiger charge is 2.21. The van der Waals surface area contributed by atoms with Crippen molar-refractivity contribution < 1.29 is 23.5 Å². The highest BCUT2D eigenvalue weighted by Crippen LogP contribution is 2.37. The maximum atomic E-state index is 11.9. The molecule has 0 amide bonds. The van der Waals surface area contributed by atoms with E-state index in [2.05, 4.69) is 22.8 Å². The SMILES string of the molecule is CC(C)(O)c1ccccc1Nc1cccc2c1oc1ccccc12.COC(=O)c1ccccc1Nc1cccc2c1oc1ccccc12. The molecule has 2 heterocycles. The third-order valence-corrected chi connectivity index (χ3v) is 8.27. The van der Waals surface area contributed by atoms with E-state index in [0.29, 0.717) is 11.3 Å². The number of carbonyl (C=O) groups excluding carboxylic acids is 1. The summed E-state index contributed by atoms with van der Waals surface area (Å²) >= 11 is 0. The lowest BCUT2D eigenvalue weighted by Gasteiger charge is -2.22. The summed E-state index contributed by atoms with van der Waals surface area (Å²) in [4.78, 5) is 11.9. The summed E-state index contributed by atoms with van der Waals surface area (Å²) in [6, 6.07) is 43.0. The van der Waals surface area contributed by atoms with Gasteiger partial charge >= 0.3 is 5.97 Å². The van der Waals surface area contributed by atoms with Gasteiger partial charge in [-0.25, -0.2) is 4.79 Å². The first kappa shape index (κ1) is 30.6. The summed E-state index contributed by atoms with van der Waals surface area (Å²) in [7, 11) is 1.37. The normalized spacial score (nSPS) is 11.4. The minimum absolute atomic E-state index is 0.380. The van der Waals surface area contributed by atoms with Crippen LogP contribution in [0.1, 0.15) is 29.8 Å². The average molecular weight is 635 g/mol. The summed E-state index contributed by atoms with van der Waals surface area (Å²) in [6.07, 6.45) is 0. The van der Waals surface area contributed by atoms with Crippen molar-refractivity contribution in [3.05, 3.63) is 145 Å². The third-order valence-electron chi connectivity index (χ3n) is 8.27. The molecule has 0 bridgehead atoms. The summed E-state index contributed by atoms with van der Waals surface area (Å²) in [5.74, 6) is -0.380. The lowest BCUT2D eigenvalue weighted by atomic mass is 9.96. The van der Waals surface area contributed by atoms with Crippen LogP contribution in [0.4, 0.5) is 22.7 Å². The van der Waals surface area contributed by atoms with Gasteiger partial charge in [-0.1, -0.05) is 91.0 Å². The van der Waals surface area contributed by atoms with Gasteiger partial charge in [0.15, 0.2) is 11.2 Å². The molecule has 0 spiro atoms. The minimum Gasteiger partial charge on any atom is -0.465 e. The van der Waals surface area contributed by atoms with Crippen molar-refractivity contribution in [2.75, 3.05) is 17.7 Å². The molecule has 0 atom stereocenters. The lowest BCUT2D eigenvalue weighted by molar-refractivity contribution is 0.0601. The number of aliphatic hydroxyl groups is 1. The molecule has 238 valence electrons. The van der Waals surface area contributed by atoms with Gasteiger partial charge < -0.3 is 29.3 Å². The Bertz CT molecular complexity index is 2410. The Hall–Kier alpha value is -6.05. The Balaban J connectivity index is 0.000000152. The summed E-state index contributed by atoms with van der Waals surface area (Å²) in [5.41, 5.74) is 6.94. The molecule has 7 nitrogen and oxygen atoms in total. The maximum Gasteiger partial charge on any atom is 0.339 e. The number of carbonyl (C=O) groups is 1. The molecule has 0 saturated carbocycles. The molecule has 0 aliphatic rings. The van der Waals surface area contributed by atoms with Crippen LogP contribution >= 0.6 is 0 Å². The van der Waals surface area contributed by atoms with Crippen LogP contribution in [-0.4, -0.2) is 18.2 Å². The first-order valence-corrected chi connectivity index (χ1v) is 15.7. The van der Waals surface area contributed by atoms with Crippen LogP contribution in [0, 0.1) is 0 Å². The smallest absolute Gasteiger partial charge is 0.339 e. The molecular weight excluding hydrogens is 600 g/mol. The van der Waals surface area contributed by atoms with Crippen molar-refractivity contribution in [1.29, 1.82) is 0 Å². The molecule has 8 rings (SSSR count). The number of nitrogens with one attached hydrogen (secondary N) is 2. The van der Waals surface area contributed by atoms with Crippen molar-refractivity contribution >= 4 is 72.6 Å². The van der Waals surface area contributed by atoms with E-state index >= 15 is 0 Å². The highest BCUT2D eigenvalue weighted by atomic mass is 16.5. The van der Waals surface area contributed by atoms with Crippen LogP contribution in [-0.2, 0) is 10.3 Å². The van der Waals surface area contributed by atoms with E-state index in [9.17, 15) is 9.90 Å². The van der Waals surface area contributed by atoms with Gasteiger partial charge in [0.05, 0.1) is 35.3 Å². The average Bonchev–Trinajstić information content (AvgIpc) is 3.68. The highest BCUT2D eigenvalue weighted by molar-refractivity contribution is 6.10. The Kier molecular flexibility index (Phi) is 8.05. The van der Waals surface area contributed by atoms with Crippen LogP contribution in [0.3, 0.4) is 0 Å². The molecule has 0 radical (unpaired) electrons. The van der Waals surface area contributed by atoms with Crippen LogP contribution in [0.15, 0.2) is 142 Å². The van der Waals surface area contributed by atoms with Gasteiger partial charge in [-0.05, 0) is 56.3 Å². The van der Waals surface area contributed by atoms with Crippen LogP contribution in [0.2, 0.25) is 0 Å². The second kappa shape index (κ2) is 12.6. The number of anilines is 4. The molecule has 8 aromatic rings. The fourth-order valence-electron chi connectivity index (χ4n) is 5.99. The zero-order valence-corrected chi connectivity index (χ0v) is 26.8. The molecule has 0 unspecified atom stereocenters. The quantitative estimate of drug-likeness (QED) is 0.157. The Labute approximate surface area is 277 Å². The third kappa shape index (κ3) is 5.83. The number of hydrogen-bond acceptors (Lipinski definition) is 7. The second-order valence-corrected chi connectivity index (χ2v) is 12.0. The summed E-state index contributed by atoms with van der Waals surface area (Å²) in [6.45, 7) is 3.57. The number of benzene rings is 6. The molecule has 0 aliphatic carbocycles. The van der Waals surface area contributed by atoms with Crippen LogP contribution in [0.25, 0.3) is 43.9 Å². The van der Waals surface area contributed by atoms with E-state index in [0.717, 1.165) is 66.5 Å². The number of para-hydroxylation sites is 6. The van der Waals surface area contributed by atoms with Gasteiger partial charge in [0.2, 0.25) is 0 Å². The Morgan fingerprint density at radius 1 is 0.562 bits per heavy atom. The maximum absolute atomic E-state index is 11.9. The van der Waals surface area contributed by atoms with Gasteiger partial charge in [0.25, 0.3) is 0 Å². The zero-order chi connectivity index (χ0) is 33.3. The van der Waals surface area contributed by atoms with E-state index in [1.165, 1.54) is 7.11 Å². The molecule has 0 aliphatic heterocycles. The number of ether oxygens (including phenoxy) is 1. The molecule has 0 saturated heterocycles. The first-order chi connectivity index (χ1) is 23.3. The van der Waals surface area contributed by atoms with Crippen molar-refractivity contribution in [2.24, 2.45) is 0 Å². The largest absolute Gasteiger partial charge is 0.465 e. The number of hydrogen-bond donors (Lipinski definition) is 3. The first-order valence-electron chi connectivity index (χ1n) is 15.7. The van der Waals surface area contributed by atoms with E-state index in [4.69, 9.17) is 13.6 Å². The number of furan rings is 2. The molecule has 6 aromatic carbocycles. The Morgan fingerprint density at radius 3 is 1.56 bits per heavy atom. The fourth-order valence-corrected chi connectivity index (χ4v) is 5.99. The molecule has 2 aromatic heterocycles. The predicted octanol–water partition coefficient (Wildman–Crippen LogP) is 10.7. The number of fused-ring (bicyclic) bond motifs is 6.